The molecule has 1 N–H and O–H groups in total. The average Bonchev–Trinajstić information content (AvgIpc) is 3.06. The predicted octanol–water partition coefficient (Wildman–Crippen LogP) is 3.97. The number of fused-ring (bicyclic) bond motifs is 1. The summed E-state index contributed by atoms with van der Waals surface area (Å²) in [5.74, 6) is -1.77. The minimum absolute atomic E-state index is 0.0135. The SMILES string of the molecule is CCCCNC(=O)[C@H](C)N(Cc1c(Cl)cccc1Cl)C(=O)CCN1C(=O)[C@H]2CC=CC[C@H]2C1=O. The molecule has 3 rings (SSSR count). The van der Waals surface area contributed by atoms with Gasteiger partial charge in [0.15, 0.2) is 0 Å². The summed E-state index contributed by atoms with van der Waals surface area (Å²) >= 11 is 12.7. The molecule has 7 nitrogen and oxygen atoms in total. The molecule has 4 amide bonds. The predicted molar refractivity (Wildman–Crippen MR) is 131 cm³/mol. The van der Waals surface area contributed by atoms with Crippen LogP contribution in [-0.2, 0) is 25.7 Å². The smallest absolute Gasteiger partial charge is 0.242 e. The van der Waals surface area contributed by atoms with Gasteiger partial charge in [0.2, 0.25) is 23.6 Å². The Labute approximate surface area is 210 Å². The summed E-state index contributed by atoms with van der Waals surface area (Å²) in [6.45, 7) is 4.22. The van der Waals surface area contributed by atoms with Crippen LogP contribution in [-0.4, -0.2) is 52.6 Å². The second-order valence-electron chi connectivity index (χ2n) is 8.78. The lowest BCUT2D eigenvalue weighted by atomic mass is 9.85. The summed E-state index contributed by atoms with van der Waals surface area (Å²) < 4.78 is 0. The van der Waals surface area contributed by atoms with E-state index in [1.165, 1.54) is 9.80 Å². The van der Waals surface area contributed by atoms with Gasteiger partial charge in [0.25, 0.3) is 0 Å². The van der Waals surface area contributed by atoms with E-state index in [-0.39, 0.29) is 55.0 Å². The fourth-order valence-corrected chi connectivity index (χ4v) is 4.93. The molecule has 1 heterocycles. The molecule has 0 radical (unpaired) electrons. The van der Waals surface area contributed by atoms with Crippen molar-refractivity contribution < 1.29 is 19.2 Å². The van der Waals surface area contributed by atoms with Crippen molar-refractivity contribution in [3.8, 4) is 0 Å². The molecule has 1 aromatic carbocycles. The zero-order chi connectivity index (χ0) is 24.8. The maximum absolute atomic E-state index is 13.3. The molecule has 1 aliphatic heterocycles. The second kappa shape index (κ2) is 11.8. The van der Waals surface area contributed by atoms with Crippen LogP contribution in [0.4, 0.5) is 0 Å². The van der Waals surface area contributed by atoms with Gasteiger partial charge in [-0.2, -0.15) is 0 Å². The number of amides is 4. The number of hydrogen-bond acceptors (Lipinski definition) is 4. The zero-order valence-electron chi connectivity index (χ0n) is 19.6. The number of unbranched alkanes of at least 4 members (excludes halogenated alkanes) is 1. The Kier molecular flexibility index (Phi) is 9.14. The van der Waals surface area contributed by atoms with Crippen LogP contribution in [0.2, 0.25) is 10.0 Å². The normalized spacial score (nSPS) is 20.3. The van der Waals surface area contributed by atoms with E-state index in [1.807, 2.05) is 19.1 Å². The maximum Gasteiger partial charge on any atom is 0.242 e. The molecule has 1 saturated heterocycles. The van der Waals surface area contributed by atoms with Crippen molar-refractivity contribution in [2.45, 2.75) is 58.5 Å². The molecule has 1 fully saturated rings. The van der Waals surface area contributed by atoms with Crippen LogP contribution in [0.3, 0.4) is 0 Å². The van der Waals surface area contributed by atoms with Crippen molar-refractivity contribution in [1.82, 2.24) is 15.1 Å². The number of allylic oxidation sites excluding steroid dienone is 2. The minimum Gasteiger partial charge on any atom is -0.354 e. The summed E-state index contributed by atoms with van der Waals surface area (Å²) in [6.07, 6.45) is 6.63. The van der Waals surface area contributed by atoms with Crippen LogP contribution in [0.25, 0.3) is 0 Å². The molecule has 1 aromatic rings. The fourth-order valence-electron chi connectivity index (χ4n) is 4.41. The van der Waals surface area contributed by atoms with Gasteiger partial charge in [-0.15, -0.1) is 0 Å². The fraction of sp³-hybridized carbons (Fsp3) is 0.520. The maximum atomic E-state index is 13.3. The molecule has 0 aromatic heterocycles. The van der Waals surface area contributed by atoms with Crippen molar-refractivity contribution in [2.24, 2.45) is 11.8 Å². The summed E-state index contributed by atoms with van der Waals surface area (Å²) in [5, 5.41) is 3.64. The van der Waals surface area contributed by atoms with Crippen LogP contribution < -0.4 is 5.32 Å². The molecular weight excluding hydrogens is 477 g/mol. The number of rotatable bonds is 10. The first kappa shape index (κ1) is 26.2. The number of hydrogen-bond donors (Lipinski definition) is 1. The summed E-state index contributed by atoms with van der Waals surface area (Å²) in [6, 6.07) is 4.28. The molecular formula is C25H31Cl2N3O4. The van der Waals surface area contributed by atoms with Crippen LogP contribution in [0.1, 0.15) is 51.5 Å². The van der Waals surface area contributed by atoms with Gasteiger partial charge in [-0.05, 0) is 38.3 Å². The van der Waals surface area contributed by atoms with E-state index >= 15 is 0 Å². The van der Waals surface area contributed by atoms with E-state index in [0.717, 1.165) is 12.8 Å². The Morgan fingerprint density at radius 2 is 1.71 bits per heavy atom. The van der Waals surface area contributed by atoms with E-state index in [0.29, 0.717) is 35.0 Å². The van der Waals surface area contributed by atoms with Crippen molar-refractivity contribution in [2.75, 3.05) is 13.1 Å². The molecule has 3 atom stereocenters. The lowest BCUT2D eigenvalue weighted by molar-refractivity contribution is -0.143. The summed E-state index contributed by atoms with van der Waals surface area (Å²) in [7, 11) is 0. The Hall–Kier alpha value is -2.38. The highest BCUT2D eigenvalue weighted by atomic mass is 35.5. The van der Waals surface area contributed by atoms with Crippen molar-refractivity contribution in [3.05, 3.63) is 46.0 Å². The highest BCUT2D eigenvalue weighted by Gasteiger charge is 2.47. The molecule has 0 saturated carbocycles. The Bertz CT molecular complexity index is 935. The number of nitrogens with zero attached hydrogens (tertiary/aromatic N) is 2. The number of likely N-dealkylation sites (tertiary alicyclic amines) is 1. The van der Waals surface area contributed by atoms with E-state index in [9.17, 15) is 19.2 Å². The van der Waals surface area contributed by atoms with Gasteiger partial charge in [0, 0.05) is 41.7 Å². The van der Waals surface area contributed by atoms with Gasteiger partial charge >= 0.3 is 0 Å². The van der Waals surface area contributed by atoms with Crippen molar-refractivity contribution in [1.29, 1.82) is 0 Å². The largest absolute Gasteiger partial charge is 0.354 e. The molecule has 9 heteroatoms. The molecule has 2 aliphatic rings. The van der Waals surface area contributed by atoms with E-state index in [2.05, 4.69) is 5.32 Å². The highest BCUT2D eigenvalue weighted by molar-refractivity contribution is 6.36. The molecule has 1 aliphatic carbocycles. The third-order valence-corrected chi connectivity index (χ3v) is 7.24. The van der Waals surface area contributed by atoms with Crippen molar-refractivity contribution >= 4 is 46.8 Å². The second-order valence-corrected chi connectivity index (χ2v) is 9.59. The van der Waals surface area contributed by atoms with Gasteiger partial charge in [0.05, 0.1) is 11.8 Å². The number of halogens is 2. The van der Waals surface area contributed by atoms with Crippen LogP contribution in [0.5, 0.6) is 0 Å². The average molecular weight is 508 g/mol. The Morgan fingerprint density at radius 3 is 2.26 bits per heavy atom. The van der Waals surface area contributed by atoms with E-state index in [4.69, 9.17) is 23.2 Å². The van der Waals surface area contributed by atoms with Gasteiger partial charge in [0.1, 0.15) is 6.04 Å². The lowest BCUT2D eigenvalue weighted by Crippen LogP contribution is -2.48. The Balaban J connectivity index is 1.74. The first-order valence-corrected chi connectivity index (χ1v) is 12.5. The third kappa shape index (κ3) is 5.81. The standard InChI is InChI=1S/C25H31Cl2N3O4/c1-3-4-13-28-23(32)16(2)30(15-19-20(26)10-7-11-21(19)27)22(31)12-14-29-24(33)17-8-5-6-9-18(17)25(29)34/h5-7,10-11,16-18H,3-4,8-9,12-15H2,1-2H3,(H,28,32)/t16-,17-,18+/m0/s1. The number of benzene rings is 1. The third-order valence-electron chi connectivity index (χ3n) is 6.54. The van der Waals surface area contributed by atoms with Crippen LogP contribution in [0, 0.1) is 11.8 Å². The Morgan fingerprint density at radius 1 is 1.12 bits per heavy atom. The number of carbonyl (C=O) groups is 4. The van der Waals surface area contributed by atoms with Gasteiger partial charge in [-0.3, -0.25) is 24.1 Å². The van der Waals surface area contributed by atoms with E-state index in [1.54, 1.807) is 25.1 Å². The first-order valence-electron chi connectivity index (χ1n) is 11.8. The number of imide groups is 1. The van der Waals surface area contributed by atoms with Crippen LogP contribution in [0.15, 0.2) is 30.4 Å². The first-order chi connectivity index (χ1) is 16.3. The lowest BCUT2D eigenvalue weighted by Gasteiger charge is -2.30. The van der Waals surface area contributed by atoms with Crippen LogP contribution >= 0.6 is 23.2 Å². The molecule has 0 spiro atoms. The topological polar surface area (TPSA) is 86.8 Å². The zero-order valence-corrected chi connectivity index (χ0v) is 21.1. The molecule has 34 heavy (non-hydrogen) atoms. The molecule has 184 valence electrons. The summed E-state index contributed by atoms with van der Waals surface area (Å²) in [4.78, 5) is 54.2. The number of carbonyl (C=O) groups excluding carboxylic acids is 4. The minimum atomic E-state index is -0.784. The van der Waals surface area contributed by atoms with Gasteiger partial charge < -0.3 is 10.2 Å². The summed E-state index contributed by atoms with van der Waals surface area (Å²) in [5.41, 5.74) is 0.540. The van der Waals surface area contributed by atoms with E-state index < -0.39 is 6.04 Å². The molecule has 0 unspecified atom stereocenters. The monoisotopic (exact) mass is 507 g/mol. The van der Waals surface area contributed by atoms with Crippen molar-refractivity contribution in [3.63, 3.8) is 0 Å². The van der Waals surface area contributed by atoms with Gasteiger partial charge in [-0.1, -0.05) is 54.8 Å². The van der Waals surface area contributed by atoms with Gasteiger partial charge in [-0.25, -0.2) is 0 Å². The molecule has 0 bridgehead atoms. The highest BCUT2D eigenvalue weighted by Crippen LogP contribution is 2.35. The number of nitrogens with one attached hydrogen (secondary N) is 1. The quantitative estimate of drug-likeness (QED) is 0.295.